The maximum atomic E-state index is 12.9. The average Bonchev–Trinajstić information content (AvgIpc) is 3.21. The molecule has 1 N–H and O–H groups in total. The number of thiophene rings is 1. The first-order chi connectivity index (χ1) is 18.4. The van der Waals surface area contributed by atoms with Crippen molar-refractivity contribution in [3.05, 3.63) is 88.3 Å². The molecule has 0 unspecified atom stereocenters. The summed E-state index contributed by atoms with van der Waals surface area (Å²) in [6.07, 6.45) is 3.90. The maximum Gasteiger partial charge on any atom is 0.307 e. The summed E-state index contributed by atoms with van der Waals surface area (Å²) in [5, 5.41) is 1.14. The average molecular weight is 564 g/mol. The van der Waals surface area contributed by atoms with Crippen LogP contribution in [0.1, 0.15) is 55.7 Å². The fourth-order valence-electron chi connectivity index (χ4n) is 3.70. The molecule has 5 nitrogen and oxygen atoms in total. The highest BCUT2D eigenvalue weighted by Gasteiger charge is 2.39. The molecule has 206 valence electrons. The quantitative estimate of drug-likeness (QED) is 0.0975. The molecule has 0 aliphatic heterocycles. The Morgan fingerprint density at radius 3 is 2.56 bits per heavy atom. The smallest absolute Gasteiger partial charge is 0.307 e. The van der Waals surface area contributed by atoms with Gasteiger partial charge in [-0.25, -0.2) is 0 Å². The first-order valence-electron chi connectivity index (χ1n) is 12.7. The van der Waals surface area contributed by atoms with Crippen molar-refractivity contribution in [1.82, 2.24) is 4.72 Å². The molecular formula is C32H37NO4S2. The first kappa shape index (κ1) is 30.7. The van der Waals surface area contributed by atoms with E-state index in [0.29, 0.717) is 18.8 Å². The number of nitrogens with one attached hydrogen (secondary N) is 1. The first-order valence-corrected chi connectivity index (χ1v) is 14.7. The number of esters is 1. The fraction of sp³-hybridized carbons (Fsp3) is 0.344. The lowest BCUT2D eigenvalue weighted by molar-refractivity contribution is -0.141. The van der Waals surface area contributed by atoms with Crippen molar-refractivity contribution in [3.63, 3.8) is 0 Å². The van der Waals surface area contributed by atoms with Gasteiger partial charge >= 0.3 is 5.97 Å². The summed E-state index contributed by atoms with van der Waals surface area (Å²) in [4.78, 5) is 13.3. The second-order valence-corrected chi connectivity index (χ2v) is 13.6. The van der Waals surface area contributed by atoms with Gasteiger partial charge in [0.15, 0.2) is 0 Å². The van der Waals surface area contributed by atoms with Crippen molar-refractivity contribution in [2.24, 2.45) is 0 Å². The van der Waals surface area contributed by atoms with E-state index >= 15 is 0 Å². The number of ether oxygens (including phenoxy) is 2. The van der Waals surface area contributed by atoms with Gasteiger partial charge in [0.05, 0.1) is 25.7 Å². The van der Waals surface area contributed by atoms with Crippen LogP contribution in [-0.2, 0) is 32.2 Å². The van der Waals surface area contributed by atoms with Crippen LogP contribution in [0.15, 0.2) is 66.8 Å². The lowest BCUT2D eigenvalue weighted by Gasteiger charge is -2.34. The zero-order chi connectivity index (χ0) is 28.6. The van der Waals surface area contributed by atoms with Gasteiger partial charge in [-0.2, -0.15) is 0 Å². The van der Waals surface area contributed by atoms with E-state index in [9.17, 15) is 9.35 Å². The van der Waals surface area contributed by atoms with Gasteiger partial charge in [0.2, 0.25) is 0 Å². The fourth-order valence-corrected chi connectivity index (χ4v) is 5.72. The van der Waals surface area contributed by atoms with Crippen molar-refractivity contribution in [2.75, 3.05) is 13.7 Å². The van der Waals surface area contributed by atoms with E-state index < -0.39 is 27.6 Å². The number of rotatable bonds is 10. The highest BCUT2D eigenvalue weighted by atomic mass is 32.2. The summed E-state index contributed by atoms with van der Waals surface area (Å²) in [5.41, 5.74) is 2.92. The highest BCUT2D eigenvalue weighted by molar-refractivity contribution is 7.90. The number of carbonyl (C=O) groups is 1. The Labute approximate surface area is 239 Å². The van der Waals surface area contributed by atoms with Crippen LogP contribution >= 0.6 is 11.3 Å². The third kappa shape index (κ3) is 8.56. The zero-order valence-electron chi connectivity index (χ0n) is 23.6. The minimum atomic E-state index is -1.40. The second-order valence-electron chi connectivity index (χ2n) is 10.5. The van der Waals surface area contributed by atoms with E-state index in [2.05, 4.69) is 42.2 Å². The van der Waals surface area contributed by atoms with Crippen molar-refractivity contribution < 1.29 is 18.8 Å². The minimum Gasteiger partial charge on any atom is -0.598 e. The molecule has 0 aliphatic rings. The van der Waals surface area contributed by atoms with Crippen molar-refractivity contribution in [2.45, 2.75) is 57.9 Å². The summed E-state index contributed by atoms with van der Waals surface area (Å²) in [7, 11) is 1.35. The van der Waals surface area contributed by atoms with Gasteiger partial charge in [0.1, 0.15) is 11.4 Å². The number of hydrogen-bond acceptors (Lipinski definition) is 6. The largest absolute Gasteiger partial charge is 0.598 e. The van der Waals surface area contributed by atoms with Crippen LogP contribution in [0, 0.1) is 18.8 Å². The molecule has 0 fully saturated rings. The van der Waals surface area contributed by atoms with Gasteiger partial charge in [-0.15, -0.1) is 16.1 Å². The van der Waals surface area contributed by atoms with Crippen molar-refractivity contribution in [1.29, 1.82) is 0 Å². The van der Waals surface area contributed by atoms with Crippen LogP contribution in [0.5, 0.6) is 0 Å². The number of aryl methyl sites for hydroxylation is 1. The van der Waals surface area contributed by atoms with E-state index in [0.717, 1.165) is 31.7 Å². The predicted molar refractivity (Wildman–Crippen MR) is 164 cm³/mol. The van der Waals surface area contributed by atoms with Crippen molar-refractivity contribution >= 4 is 44.8 Å². The van der Waals surface area contributed by atoms with Crippen LogP contribution in [0.3, 0.4) is 0 Å². The molecule has 39 heavy (non-hydrogen) atoms. The predicted octanol–water partition coefficient (Wildman–Crippen LogP) is 6.72. The molecule has 1 aromatic heterocycles. The molecule has 0 amide bonds. The lowest BCUT2D eigenvalue weighted by atomic mass is 9.90. The second kappa shape index (κ2) is 13.5. The number of benzene rings is 2. The topological polar surface area (TPSA) is 70.6 Å². The highest BCUT2D eigenvalue weighted by Crippen LogP contribution is 2.34. The normalized spacial score (nSPS) is 14.0. The Morgan fingerprint density at radius 1 is 1.18 bits per heavy atom. The van der Waals surface area contributed by atoms with Gasteiger partial charge in [0, 0.05) is 26.5 Å². The van der Waals surface area contributed by atoms with Gasteiger partial charge in [-0.3, -0.25) is 4.79 Å². The van der Waals surface area contributed by atoms with Gasteiger partial charge in [-0.05, 0) is 81.0 Å². The molecule has 3 aromatic rings. The standard InChI is InChI=1S/C32H37NO4S2/c1-23(32(6,21-30(34)36-7)33-39(35)31(3,4)5)15-17-28-24(2)27-20-25(16-18-29(27)38-28)14-11-19-37-22-26-12-9-8-10-13-26/h8-10,12-13,15-18,20,33H,1,19,21-22H2,2-7H3/b17-15-/t32-,39+/m0/s1. The Bertz CT molecular complexity index is 1390. The zero-order valence-corrected chi connectivity index (χ0v) is 25.2. The summed E-state index contributed by atoms with van der Waals surface area (Å²) in [6.45, 7) is 14.7. The number of hydrogen-bond donors (Lipinski definition) is 1. The molecule has 2 atom stereocenters. The molecule has 0 spiro atoms. The SMILES string of the molecule is C=C(/C=C\c1sc2ccc(C#CCOCc3ccccc3)cc2c1C)[C@](C)(CC(=O)OC)N[S@+]([O-])C(C)(C)C. The summed E-state index contributed by atoms with van der Waals surface area (Å²) in [6, 6.07) is 16.3. The van der Waals surface area contributed by atoms with E-state index in [1.807, 2.05) is 76.2 Å². The van der Waals surface area contributed by atoms with Gasteiger partial charge in [0.25, 0.3) is 0 Å². The Kier molecular flexibility index (Phi) is 10.6. The molecule has 0 bridgehead atoms. The van der Waals surface area contributed by atoms with E-state index in [1.54, 1.807) is 11.3 Å². The Morgan fingerprint density at radius 2 is 1.90 bits per heavy atom. The third-order valence-corrected chi connectivity index (χ3v) is 9.22. The molecule has 0 saturated heterocycles. The molecule has 0 aliphatic carbocycles. The maximum absolute atomic E-state index is 12.9. The van der Waals surface area contributed by atoms with Crippen LogP contribution < -0.4 is 4.72 Å². The lowest BCUT2D eigenvalue weighted by Crippen LogP contribution is -2.53. The Balaban J connectivity index is 1.74. The molecule has 7 heteroatoms. The minimum absolute atomic E-state index is 0.0109. The van der Waals surface area contributed by atoms with Crippen molar-refractivity contribution in [3.8, 4) is 11.8 Å². The molecule has 2 aromatic carbocycles. The molecule has 1 heterocycles. The number of carbonyl (C=O) groups excluding carboxylic acids is 1. The van der Waals surface area contributed by atoms with Crippen LogP contribution in [-0.4, -0.2) is 34.5 Å². The van der Waals surface area contributed by atoms with Gasteiger partial charge in [-0.1, -0.05) is 54.8 Å². The summed E-state index contributed by atoms with van der Waals surface area (Å²) >= 11 is 0.279. The summed E-state index contributed by atoms with van der Waals surface area (Å²) in [5.74, 6) is 5.90. The van der Waals surface area contributed by atoms with E-state index in [4.69, 9.17) is 9.47 Å². The van der Waals surface area contributed by atoms with Crippen LogP contribution in [0.4, 0.5) is 0 Å². The van der Waals surface area contributed by atoms with E-state index in [1.165, 1.54) is 7.11 Å². The molecular weight excluding hydrogens is 526 g/mol. The monoisotopic (exact) mass is 563 g/mol. The molecule has 0 saturated carbocycles. The number of methoxy groups -OCH3 is 1. The van der Waals surface area contributed by atoms with Gasteiger partial charge < -0.3 is 14.0 Å². The van der Waals surface area contributed by atoms with E-state index in [-0.39, 0.29) is 6.42 Å². The third-order valence-electron chi connectivity index (χ3n) is 6.24. The summed E-state index contributed by atoms with van der Waals surface area (Å²) < 4.78 is 27.2. The molecule has 0 radical (unpaired) electrons. The Hall–Kier alpha value is -2.86. The van der Waals surface area contributed by atoms with Crippen LogP contribution in [0.25, 0.3) is 16.2 Å². The number of fused-ring (bicyclic) bond motifs is 1. The molecule has 3 rings (SSSR count). The van der Waals surface area contributed by atoms with Crippen LogP contribution in [0.2, 0.25) is 0 Å².